The van der Waals surface area contributed by atoms with Gasteiger partial charge in [0.25, 0.3) is 0 Å². The number of hydrogen-bond acceptors (Lipinski definition) is 3. The molecule has 0 aromatic heterocycles. The van der Waals surface area contributed by atoms with Crippen LogP contribution in [0.1, 0.15) is 58.3 Å². The van der Waals surface area contributed by atoms with Gasteiger partial charge in [-0.1, -0.05) is 24.9 Å². The van der Waals surface area contributed by atoms with E-state index >= 15 is 0 Å². The van der Waals surface area contributed by atoms with E-state index < -0.39 is 0 Å². The van der Waals surface area contributed by atoms with Crippen molar-refractivity contribution in [3.05, 3.63) is 0 Å². The monoisotopic (exact) mass is 241 g/mol. The zero-order chi connectivity index (χ0) is 12.6. The number of rotatable bonds is 8. The summed E-state index contributed by atoms with van der Waals surface area (Å²) in [5.41, 5.74) is 5.98. The molecule has 1 aliphatic rings. The molecule has 1 saturated carbocycles. The van der Waals surface area contributed by atoms with Crippen LogP contribution in [0.4, 0.5) is 0 Å². The lowest BCUT2D eigenvalue weighted by molar-refractivity contribution is 0.268. The van der Waals surface area contributed by atoms with Crippen molar-refractivity contribution in [1.29, 1.82) is 0 Å². The zero-order valence-electron chi connectivity index (χ0n) is 11.0. The van der Waals surface area contributed by atoms with Gasteiger partial charge in [0, 0.05) is 13.0 Å². The van der Waals surface area contributed by atoms with Gasteiger partial charge in [-0.15, -0.1) is 0 Å². The van der Waals surface area contributed by atoms with E-state index in [0.29, 0.717) is 17.7 Å². The summed E-state index contributed by atoms with van der Waals surface area (Å²) >= 11 is 0. The number of nitrogens with one attached hydrogen (secondary N) is 1. The summed E-state index contributed by atoms with van der Waals surface area (Å²) in [5.74, 6) is 0.339. The Morgan fingerprint density at radius 3 is 2.65 bits per heavy atom. The summed E-state index contributed by atoms with van der Waals surface area (Å²) in [6.45, 7) is 4.51. The molecular formula is C13H27N3O. The van der Waals surface area contributed by atoms with Crippen LogP contribution in [-0.2, 0) is 0 Å². The second-order valence-electron chi connectivity index (χ2n) is 5.29. The first-order chi connectivity index (χ1) is 8.22. The predicted octanol–water partition coefficient (Wildman–Crippen LogP) is 2.46. The van der Waals surface area contributed by atoms with Crippen LogP contribution in [0.3, 0.4) is 0 Å². The number of hydrogen-bond donors (Lipinski definition) is 3. The molecule has 0 amide bonds. The average Bonchev–Trinajstić information content (AvgIpc) is 2.82. The number of unbranched alkanes of at least 4 members (excludes halogenated alkanes) is 1. The first kappa shape index (κ1) is 14.3. The Kier molecular flexibility index (Phi) is 6.34. The van der Waals surface area contributed by atoms with Gasteiger partial charge in [0.1, 0.15) is 5.84 Å². The molecule has 0 aliphatic heterocycles. The lowest BCUT2D eigenvalue weighted by atomic mass is 9.83. The van der Waals surface area contributed by atoms with E-state index in [1.54, 1.807) is 0 Å². The summed E-state index contributed by atoms with van der Waals surface area (Å²) < 4.78 is 0. The summed E-state index contributed by atoms with van der Waals surface area (Å²) in [5, 5.41) is 14.9. The highest BCUT2D eigenvalue weighted by atomic mass is 16.4. The summed E-state index contributed by atoms with van der Waals surface area (Å²) in [6.07, 6.45) is 9.65. The molecule has 0 unspecified atom stereocenters. The normalized spacial score (nSPS) is 19.7. The van der Waals surface area contributed by atoms with Gasteiger partial charge in [0.2, 0.25) is 0 Å². The highest BCUT2D eigenvalue weighted by Crippen LogP contribution is 2.40. The van der Waals surface area contributed by atoms with Crippen molar-refractivity contribution in [3.8, 4) is 0 Å². The van der Waals surface area contributed by atoms with Crippen LogP contribution in [0.25, 0.3) is 0 Å². The lowest BCUT2D eigenvalue weighted by Gasteiger charge is -2.27. The van der Waals surface area contributed by atoms with E-state index in [4.69, 9.17) is 10.9 Å². The van der Waals surface area contributed by atoms with Crippen molar-refractivity contribution >= 4 is 5.84 Å². The fourth-order valence-corrected chi connectivity index (χ4v) is 2.74. The molecule has 1 fully saturated rings. The van der Waals surface area contributed by atoms with Crippen LogP contribution in [0.5, 0.6) is 0 Å². The van der Waals surface area contributed by atoms with Crippen LogP contribution in [0.2, 0.25) is 0 Å². The number of amidine groups is 1. The average molecular weight is 241 g/mol. The van der Waals surface area contributed by atoms with E-state index in [0.717, 1.165) is 25.9 Å². The quantitative estimate of drug-likeness (QED) is 0.201. The van der Waals surface area contributed by atoms with Gasteiger partial charge in [-0.2, -0.15) is 0 Å². The van der Waals surface area contributed by atoms with Crippen molar-refractivity contribution in [3.63, 3.8) is 0 Å². The molecule has 17 heavy (non-hydrogen) atoms. The van der Waals surface area contributed by atoms with Crippen LogP contribution in [-0.4, -0.2) is 24.1 Å². The van der Waals surface area contributed by atoms with Crippen LogP contribution in [0.15, 0.2) is 5.16 Å². The molecule has 100 valence electrons. The molecule has 0 radical (unpaired) electrons. The third kappa shape index (κ3) is 4.94. The minimum absolute atomic E-state index is 0.339. The van der Waals surface area contributed by atoms with Crippen molar-refractivity contribution in [2.75, 3.05) is 13.1 Å². The Bertz CT molecular complexity index is 235. The zero-order valence-corrected chi connectivity index (χ0v) is 11.0. The standard InChI is InChI=1S/C13H27N3O/c1-2-13(8-4-5-9-13)11-15-10-6-3-7-12(14)16-17/h15,17H,2-11H2,1H3,(H2,14,16). The molecule has 4 heteroatoms. The molecule has 0 saturated heterocycles. The highest BCUT2D eigenvalue weighted by molar-refractivity contribution is 5.79. The van der Waals surface area contributed by atoms with Gasteiger partial charge >= 0.3 is 0 Å². The fourth-order valence-electron chi connectivity index (χ4n) is 2.74. The molecular weight excluding hydrogens is 214 g/mol. The summed E-state index contributed by atoms with van der Waals surface area (Å²) in [6, 6.07) is 0. The van der Waals surface area contributed by atoms with E-state index in [9.17, 15) is 0 Å². The Morgan fingerprint density at radius 1 is 1.35 bits per heavy atom. The summed E-state index contributed by atoms with van der Waals surface area (Å²) in [4.78, 5) is 0. The maximum atomic E-state index is 8.39. The van der Waals surface area contributed by atoms with Gasteiger partial charge in [-0.3, -0.25) is 0 Å². The molecule has 4 nitrogen and oxygen atoms in total. The molecule has 4 N–H and O–H groups in total. The van der Waals surface area contributed by atoms with Crippen molar-refractivity contribution < 1.29 is 5.21 Å². The number of nitrogens with zero attached hydrogens (tertiary/aromatic N) is 1. The molecule has 0 heterocycles. The lowest BCUT2D eigenvalue weighted by Crippen LogP contribution is -2.32. The van der Waals surface area contributed by atoms with Crippen molar-refractivity contribution in [1.82, 2.24) is 5.32 Å². The maximum Gasteiger partial charge on any atom is 0.139 e. The van der Waals surface area contributed by atoms with Crippen LogP contribution >= 0.6 is 0 Å². The van der Waals surface area contributed by atoms with E-state index in [-0.39, 0.29) is 0 Å². The minimum Gasteiger partial charge on any atom is -0.409 e. The third-order valence-corrected chi connectivity index (χ3v) is 4.08. The third-order valence-electron chi connectivity index (χ3n) is 4.08. The Labute approximate surface area is 105 Å². The molecule has 0 spiro atoms. The largest absolute Gasteiger partial charge is 0.409 e. The SMILES string of the molecule is CCC1(CNCCCCC(N)=NO)CCCC1. The van der Waals surface area contributed by atoms with E-state index in [1.807, 2.05) is 0 Å². The van der Waals surface area contributed by atoms with Gasteiger partial charge in [0.15, 0.2) is 0 Å². The smallest absolute Gasteiger partial charge is 0.139 e. The highest BCUT2D eigenvalue weighted by Gasteiger charge is 2.31. The predicted molar refractivity (Wildman–Crippen MR) is 71.3 cm³/mol. The topological polar surface area (TPSA) is 70.6 Å². The molecule has 0 atom stereocenters. The van der Waals surface area contributed by atoms with Gasteiger partial charge in [-0.25, -0.2) is 0 Å². The van der Waals surface area contributed by atoms with Crippen LogP contribution < -0.4 is 11.1 Å². The Balaban J connectivity index is 2.03. The molecule has 0 aromatic carbocycles. The Hall–Kier alpha value is -0.770. The van der Waals surface area contributed by atoms with Crippen molar-refractivity contribution in [2.24, 2.45) is 16.3 Å². The molecule has 0 bridgehead atoms. The van der Waals surface area contributed by atoms with Gasteiger partial charge in [0.05, 0.1) is 0 Å². The number of oxime groups is 1. The molecule has 1 aliphatic carbocycles. The molecule has 1 rings (SSSR count). The maximum absolute atomic E-state index is 8.39. The van der Waals surface area contributed by atoms with Crippen molar-refractivity contribution in [2.45, 2.75) is 58.3 Å². The molecule has 0 aromatic rings. The first-order valence-corrected chi connectivity index (χ1v) is 6.89. The fraction of sp³-hybridized carbons (Fsp3) is 0.923. The van der Waals surface area contributed by atoms with E-state index in [1.165, 1.54) is 32.1 Å². The van der Waals surface area contributed by atoms with E-state index in [2.05, 4.69) is 17.4 Å². The van der Waals surface area contributed by atoms with Crippen LogP contribution in [0, 0.1) is 5.41 Å². The first-order valence-electron chi connectivity index (χ1n) is 6.89. The summed E-state index contributed by atoms with van der Waals surface area (Å²) in [7, 11) is 0. The number of nitrogens with two attached hydrogens (primary N) is 1. The minimum atomic E-state index is 0.339. The second-order valence-corrected chi connectivity index (χ2v) is 5.29. The second kappa shape index (κ2) is 7.54. The van der Waals surface area contributed by atoms with Gasteiger partial charge < -0.3 is 16.3 Å². The van der Waals surface area contributed by atoms with Gasteiger partial charge in [-0.05, 0) is 44.1 Å². The Morgan fingerprint density at radius 2 is 2.06 bits per heavy atom.